The lowest BCUT2D eigenvalue weighted by Crippen LogP contribution is -2.41. The van der Waals surface area contributed by atoms with Gasteiger partial charge in [-0.1, -0.05) is 45.0 Å². The average molecular weight is 323 g/mol. The van der Waals surface area contributed by atoms with Crippen molar-refractivity contribution in [2.24, 2.45) is 16.5 Å². The minimum Gasteiger partial charge on any atom is -0.511 e. The number of hydrogen-bond donors (Lipinski definition) is 1. The topological polar surface area (TPSA) is 85.2 Å². The van der Waals surface area contributed by atoms with E-state index in [4.69, 9.17) is 9.57 Å². The smallest absolute Gasteiger partial charge is 0.316 e. The Morgan fingerprint density at radius 3 is 2.70 bits per heavy atom. The second kappa shape index (κ2) is 7.94. The molecule has 6 nitrogen and oxygen atoms in total. The van der Waals surface area contributed by atoms with Gasteiger partial charge in [0, 0.05) is 6.42 Å². The highest BCUT2D eigenvalue weighted by Gasteiger charge is 2.47. The van der Waals surface area contributed by atoms with Gasteiger partial charge in [-0.15, -0.1) is 0 Å². The van der Waals surface area contributed by atoms with Crippen molar-refractivity contribution < 1.29 is 24.3 Å². The summed E-state index contributed by atoms with van der Waals surface area (Å²) in [5.41, 5.74) is -0.302. The molecule has 1 N–H and O–H groups in total. The number of carbonyl (C=O) groups is 2. The van der Waals surface area contributed by atoms with Crippen molar-refractivity contribution >= 4 is 17.5 Å². The molecule has 23 heavy (non-hydrogen) atoms. The van der Waals surface area contributed by atoms with Crippen molar-refractivity contribution in [3.05, 3.63) is 24.0 Å². The SMILES string of the molecule is C=CCO/N=C(\CCC)C1=C(O)[C@@H](C(=O)OC)C(C)(C)CC1=O. The van der Waals surface area contributed by atoms with Crippen LogP contribution in [0.2, 0.25) is 0 Å². The summed E-state index contributed by atoms with van der Waals surface area (Å²) in [6, 6.07) is 0. The maximum atomic E-state index is 12.5. The highest BCUT2D eigenvalue weighted by Crippen LogP contribution is 2.42. The van der Waals surface area contributed by atoms with E-state index in [1.165, 1.54) is 13.2 Å². The largest absolute Gasteiger partial charge is 0.511 e. The molecule has 0 aromatic carbocycles. The van der Waals surface area contributed by atoms with Crippen molar-refractivity contribution in [1.29, 1.82) is 0 Å². The second-order valence-corrected chi connectivity index (χ2v) is 6.18. The molecule has 0 spiro atoms. The predicted molar refractivity (Wildman–Crippen MR) is 87.1 cm³/mol. The number of Topliss-reactive ketones (excluding diaryl/α,β-unsaturated/α-hetero) is 1. The maximum Gasteiger partial charge on any atom is 0.316 e. The lowest BCUT2D eigenvalue weighted by atomic mass is 9.67. The number of hydrogen-bond acceptors (Lipinski definition) is 6. The summed E-state index contributed by atoms with van der Waals surface area (Å²) >= 11 is 0. The summed E-state index contributed by atoms with van der Waals surface area (Å²) in [5, 5.41) is 14.5. The number of nitrogens with zero attached hydrogens (tertiary/aromatic N) is 1. The molecule has 0 aliphatic heterocycles. The summed E-state index contributed by atoms with van der Waals surface area (Å²) in [6.45, 7) is 9.16. The molecule has 0 aromatic heterocycles. The van der Waals surface area contributed by atoms with Gasteiger partial charge in [-0.25, -0.2) is 0 Å². The van der Waals surface area contributed by atoms with Gasteiger partial charge in [0.15, 0.2) is 5.78 Å². The Bertz CT molecular complexity index is 545. The quantitative estimate of drug-likeness (QED) is 0.256. The average Bonchev–Trinajstić information content (AvgIpc) is 2.45. The molecule has 0 unspecified atom stereocenters. The van der Waals surface area contributed by atoms with E-state index in [1.54, 1.807) is 13.8 Å². The van der Waals surface area contributed by atoms with Crippen LogP contribution >= 0.6 is 0 Å². The van der Waals surface area contributed by atoms with Gasteiger partial charge in [0.2, 0.25) is 0 Å². The van der Waals surface area contributed by atoms with E-state index in [0.29, 0.717) is 18.6 Å². The molecule has 0 saturated heterocycles. The van der Waals surface area contributed by atoms with Crippen molar-refractivity contribution in [2.75, 3.05) is 13.7 Å². The molecule has 1 atom stereocenters. The van der Waals surface area contributed by atoms with Crippen LogP contribution in [0.15, 0.2) is 29.1 Å². The van der Waals surface area contributed by atoms with E-state index < -0.39 is 17.3 Å². The number of aliphatic hydroxyl groups is 1. The highest BCUT2D eigenvalue weighted by molar-refractivity contribution is 6.23. The van der Waals surface area contributed by atoms with E-state index in [-0.39, 0.29) is 30.1 Å². The van der Waals surface area contributed by atoms with Gasteiger partial charge in [0.25, 0.3) is 0 Å². The van der Waals surface area contributed by atoms with Crippen molar-refractivity contribution in [2.45, 2.75) is 40.0 Å². The number of esters is 1. The Kier molecular flexibility index (Phi) is 6.54. The van der Waals surface area contributed by atoms with Crippen LogP contribution in [0.4, 0.5) is 0 Å². The molecule has 1 aliphatic rings. The number of carbonyl (C=O) groups excluding carboxylic acids is 2. The number of ether oxygens (including phenoxy) is 1. The summed E-state index contributed by atoms with van der Waals surface area (Å²) in [4.78, 5) is 29.7. The van der Waals surface area contributed by atoms with E-state index in [0.717, 1.165) is 0 Å². The first-order valence-electron chi connectivity index (χ1n) is 7.64. The predicted octanol–water partition coefficient (Wildman–Crippen LogP) is 2.95. The normalized spacial score (nSPS) is 21.1. The van der Waals surface area contributed by atoms with Crippen LogP contribution in [-0.4, -0.2) is 36.3 Å². The minimum absolute atomic E-state index is 0.0747. The Balaban J connectivity index is 3.37. The number of oxime groups is 1. The molecule has 128 valence electrons. The van der Waals surface area contributed by atoms with Crippen LogP contribution < -0.4 is 0 Å². The third-order valence-electron chi connectivity index (χ3n) is 3.79. The van der Waals surface area contributed by atoms with Crippen molar-refractivity contribution in [1.82, 2.24) is 0 Å². The summed E-state index contributed by atoms with van der Waals surface area (Å²) in [5.74, 6) is -2.00. The van der Waals surface area contributed by atoms with Crippen LogP contribution in [0.25, 0.3) is 0 Å². The van der Waals surface area contributed by atoms with E-state index in [9.17, 15) is 14.7 Å². The van der Waals surface area contributed by atoms with E-state index in [1.807, 2.05) is 6.92 Å². The Labute approximate surface area is 136 Å². The van der Waals surface area contributed by atoms with Crippen LogP contribution in [-0.2, 0) is 19.2 Å². The summed E-state index contributed by atoms with van der Waals surface area (Å²) in [7, 11) is 1.26. The molecule has 0 saturated carbocycles. The molecule has 6 heteroatoms. The number of ketones is 1. The lowest BCUT2D eigenvalue weighted by Gasteiger charge is -2.36. The fraction of sp³-hybridized carbons (Fsp3) is 0.588. The summed E-state index contributed by atoms with van der Waals surface area (Å²) < 4.78 is 4.79. The number of rotatable bonds is 7. The van der Waals surface area contributed by atoms with Gasteiger partial charge in [0.1, 0.15) is 18.3 Å². The highest BCUT2D eigenvalue weighted by atomic mass is 16.6. The maximum absolute atomic E-state index is 12.5. The molecule has 1 rings (SSSR count). The van der Waals surface area contributed by atoms with Crippen LogP contribution in [0.5, 0.6) is 0 Å². The molecule has 1 aliphatic carbocycles. The number of aliphatic hydroxyl groups excluding tert-OH is 1. The fourth-order valence-electron chi connectivity index (χ4n) is 2.74. The Morgan fingerprint density at radius 2 is 2.17 bits per heavy atom. The van der Waals surface area contributed by atoms with E-state index >= 15 is 0 Å². The Morgan fingerprint density at radius 1 is 1.52 bits per heavy atom. The molecule has 0 bridgehead atoms. The molecule has 0 radical (unpaired) electrons. The minimum atomic E-state index is -0.901. The first-order chi connectivity index (χ1) is 10.8. The van der Waals surface area contributed by atoms with Crippen LogP contribution in [0.3, 0.4) is 0 Å². The van der Waals surface area contributed by atoms with Crippen LogP contribution in [0, 0.1) is 11.3 Å². The number of methoxy groups -OCH3 is 1. The van der Waals surface area contributed by atoms with Gasteiger partial charge in [-0.2, -0.15) is 0 Å². The lowest BCUT2D eigenvalue weighted by molar-refractivity contribution is -0.150. The van der Waals surface area contributed by atoms with Crippen molar-refractivity contribution in [3.63, 3.8) is 0 Å². The molecular formula is C17H25NO5. The molecule has 0 heterocycles. The molecular weight excluding hydrogens is 298 g/mol. The zero-order valence-corrected chi connectivity index (χ0v) is 14.2. The first kappa shape index (κ1) is 18.9. The zero-order chi connectivity index (χ0) is 17.6. The second-order valence-electron chi connectivity index (χ2n) is 6.18. The van der Waals surface area contributed by atoms with Crippen molar-refractivity contribution in [3.8, 4) is 0 Å². The zero-order valence-electron chi connectivity index (χ0n) is 14.2. The van der Waals surface area contributed by atoms with Gasteiger partial charge in [-0.3, -0.25) is 9.59 Å². The molecule has 0 fully saturated rings. The molecule has 0 amide bonds. The van der Waals surface area contributed by atoms with Gasteiger partial charge in [0.05, 0.1) is 18.4 Å². The van der Waals surface area contributed by atoms with Gasteiger partial charge >= 0.3 is 5.97 Å². The fourth-order valence-corrected chi connectivity index (χ4v) is 2.74. The monoisotopic (exact) mass is 323 g/mol. The first-order valence-corrected chi connectivity index (χ1v) is 7.64. The summed E-state index contributed by atoms with van der Waals surface area (Å²) in [6.07, 6.45) is 2.82. The Hall–Kier alpha value is -2.11. The standard InChI is InChI=1S/C17H25NO5/c1-6-8-11(18-23-9-7-2)13-12(19)10-17(3,4)14(15(13)20)16(21)22-5/h7,14,20H,2,6,8-10H2,1,3-5H3/b18-11+/t14-/m0/s1. The van der Waals surface area contributed by atoms with Gasteiger partial charge < -0.3 is 14.7 Å². The third-order valence-corrected chi connectivity index (χ3v) is 3.79. The molecule has 0 aromatic rings. The number of allylic oxidation sites excluding steroid dienone is 1. The van der Waals surface area contributed by atoms with E-state index in [2.05, 4.69) is 11.7 Å². The van der Waals surface area contributed by atoms with Gasteiger partial charge in [-0.05, 0) is 11.8 Å². The third kappa shape index (κ3) is 4.21. The van der Waals surface area contributed by atoms with Crippen LogP contribution in [0.1, 0.15) is 40.0 Å².